The summed E-state index contributed by atoms with van der Waals surface area (Å²) in [5.74, 6) is 1.12. The van der Waals surface area contributed by atoms with Crippen LogP contribution in [0, 0.1) is 6.92 Å². The van der Waals surface area contributed by atoms with Gasteiger partial charge in [-0.3, -0.25) is 0 Å². The van der Waals surface area contributed by atoms with E-state index in [0.29, 0.717) is 0 Å². The Bertz CT molecular complexity index is 566. The molecule has 0 atom stereocenters. The van der Waals surface area contributed by atoms with E-state index < -0.39 is 0 Å². The molecular formula is C16H20N2. The summed E-state index contributed by atoms with van der Waals surface area (Å²) in [4.78, 5) is 8.25. The summed E-state index contributed by atoms with van der Waals surface area (Å²) in [6.45, 7) is 4.33. The van der Waals surface area contributed by atoms with Crippen LogP contribution in [0.15, 0.2) is 18.2 Å². The number of H-pyrrole nitrogens is 1. The van der Waals surface area contributed by atoms with Crippen LogP contribution in [0.3, 0.4) is 0 Å². The van der Waals surface area contributed by atoms with Crippen LogP contribution in [0.25, 0.3) is 11.3 Å². The van der Waals surface area contributed by atoms with Crippen LogP contribution in [-0.4, -0.2) is 9.97 Å². The second-order valence-corrected chi connectivity index (χ2v) is 5.23. The van der Waals surface area contributed by atoms with Crippen molar-refractivity contribution in [3.05, 3.63) is 40.8 Å². The fourth-order valence-corrected chi connectivity index (χ4v) is 2.82. The smallest absolute Gasteiger partial charge is 0.106 e. The molecule has 3 rings (SSSR count). The maximum Gasteiger partial charge on any atom is 0.106 e. The van der Waals surface area contributed by atoms with Gasteiger partial charge in [0.15, 0.2) is 0 Å². The number of imidazole rings is 1. The molecule has 2 heteroatoms. The normalized spacial score (nSPS) is 14.6. The molecule has 2 nitrogen and oxygen atoms in total. The van der Waals surface area contributed by atoms with Crippen molar-refractivity contribution in [2.75, 3.05) is 0 Å². The van der Waals surface area contributed by atoms with Gasteiger partial charge >= 0.3 is 0 Å². The third kappa shape index (κ3) is 1.96. The van der Waals surface area contributed by atoms with Gasteiger partial charge in [0.2, 0.25) is 0 Å². The van der Waals surface area contributed by atoms with Crippen molar-refractivity contribution in [3.8, 4) is 11.3 Å². The Morgan fingerprint density at radius 2 is 2.06 bits per heavy atom. The zero-order valence-electron chi connectivity index (χ0n) is 11.2. The van der Waals surface area contributed by atoms with Gasteiger partial charge in [-0.25, -0.2) is 4.98 Å². The lowest BCUT2D eigenvalue weighted by Crippen LogP contribution is -2.00. The number of aromatic nitrogens is 2. The predicted molar refractivity (Wildman–Crippen MR) is 74.8 cm³/mol. The molecule has 0 aliphatic heterocycles. The van der Waals surface area contributed by atoms with E-state index in [4.69, 9.17) is 4.98 Å². The zero-order chi connectivity index (χ0) is 12.5. The first-order valence-corrected chi connectivity index (χ1v) is 6.95. The van der Waals surface area contributed by atoms with Crippen molar-refractivity contribution < 1.29 is 0 Å². The summed E-state index contributed by atoms with van der Waals surface area (Å²) >= 11 is 0. The molecule has 0 amide bonds. The van der Waals surface area contributed by atoms with Crippen molar-refractivity contribution in [3.63, 3.8) is 0 Å². The van der Waals surface area contributed by atoms with Crippen molar-refractivity contribution in [1.82, 2.24) is 9.97 Å². The van der Waals surface area contributed by atoms with Gasteiger partial charge in [0.25, 0.3) is 0 Å². The largest absolute Gasteiger partial charge is 0.342 e. The van der Waals surface area contributed by atoms with Crippen LogP contribution in [0.2, 0.25) is 0 Å². The Hall–Kier alpha value is -1.57. The number of fused-ring (bicyclic) bond motifs is 3. The molecule has 0 fully saturated rings. The third-order valence-electron chi connectivity index (χ3n) is 3.80. The molecule has 0 radical (unpaired) electrons. The van der Waals surface area contributed by atoms with Crippen LogP contribution >= 0.6 is 0 Å². The van der Waals surface area contributed by atoms with Crippen molar-refractivity contribution in [2.45, 2.75) is 46.0 Å². The first kappa shape index (κ1) is 11.5. The number of benzene rings is 1. The van der Waals surface area contributed by atoms with Crippen LogP contribution in [0.1, 0.15) is 42.4 Å². The highest BCUT2D eigenvalue weighted by Crippen LogP contribution is 2.30. The molecule has 1 heterocycles. The maximum atomic E-state index is 4.74. The molecular weight excluding hydrogens is 220 g/mol. The predicted octanol–water partition coefficient (Wildman–Crippen LogP) is 3.83. The molecule has 1 N–H and O–H groups in total. The Balaban J connectivity index is 2.17. The third-order valence-corrected chi connectivity index (χ3v) is 3.80. The van der Waals surface area contributed by atoms with Crippen molar-refractivity contribution in [1.29, 1.82) is 0 Å². The van der Waals surface area contributed by atoms with E-state index in [9.17, 15) is 0 Å². The Kier molecular flexibility index (Phi) is 2.94. The number of aromatic amines is 1. The number of hydrogen-bond acceptors (Lipinski definition) is 1. The van der Waals surface area contributed by atoms with Gasteiger partial charge in [-0.05, 0) is 38.2 Å². The summed E-state index contributed by atoms with van der Waals surface area (Å²) in [5, 5.41) is 0. The summed E-state index contributed by atoms with van der Waals surface area (Å²) in [5.41, 5.74) is 6.72. The molecule has 2 aromatic rings. The molecule has 0 bridgehead atoms. The minimum Gasteiger partial charge on any atom is -0.342 e. The minimum absolute atomic E-state index is 0.980. The van der Waals surface area contributed by atoms with Crippen molar-refractivity contribution in [2.24, 2.45) is 0 Å². The summed E-state index contributed by atoms with van der Waals surface area (Å²) in [6.07, 6.45) is 5.79. The summed E-state index contributed by atoms with van der Waals surface area (Å²) in [7, 11) is 0. The van der Waals surface area contributed by atoms with Gasteiger partial charge < -0.3 is 4.98 Å². The van der Waals surface area contributed by atoms with Crippen LogP contribution < -0.4 is 0 Å². The van der Waals surface area contributed by atoms with Crippen LogP contribution in [0.5, 0.6) is 0 Å². The zero-order valence-corrected chi connectivity index (χ0v) is 11.2. The van der Waals surface area contributed by atoms with Gasteiger partial charge in [0.1, 0.15) is 5.82 Å². The number of rotatable bonds is 1. The number of nitrogens with one attached hydrogen (secondary N) is 1. The molecule has 1 aliphatic rings. The Morgan fingerprint density at radius 1 is 1.22 bits per heavy atom. The van der Waals surface area contributed by atoms with Gasteiger partial charge in [-0.2, -0.15) is 0 Å². The van der Waals surface area contributed by atoms with E-state index in [1.54, 1.807) is 0 Å². The van der Waals surface area contributed by atoms with E-state index >= 15 is 0 Å². The quantitative estimate of drug-likeness (QED) is 0.806. The second kappa shape index (κ2) is 4.60. The SMILES string of the molecule is CCc1nc2c([nH]1)-c1ccc(C)cc1CCCC2. The van der Waals surface area contributed by atoms with Gasteiger partial charge in [-0.15, -0.1) is 0 Å². The Labute approximate surface area is 108 Å². The van der Waals surface area contributed by atoms with E-state index in [0.717, 1.165) is 18.7 Å². The molecule has 1 aromatic carbocycles. The topological polar surface area (TPSA) is 28.7 Å². The standard InChI is InChI=1S/C16H20N2/c1-3-15-17-14-7-5-4-6-12-10-11(2)8-9-13(12)16(14)18-15/h8-10H,3-7H2,1-2H3,(H,17,18). The lowest BCUT2D eigenvalue weighted by atomic mass is 9.92. The fraction of sp³-hybridized carbons (Fsp3) is 0.438. The summed E-state index contributed by atoms with van der Waals surface area (Å²) in [6, 6.07) is 6.79. The molecule has 0 unspecified atom stereocenters. The highest BCUT2D eigenvalue weighted by molar-refractivity contribution is 5.67. The molecule has 0 saturated carbocycles. The maximum absolute atomic E-state index is 4.74. The van der Waals surface area contributed by atoms with Gasteiger partial charge in [-0.1, -0.05) is 30.7 Å². The summed E-state index contributed by atoms with van der Waals surface area (Å²) < 4.78 is 0. The number of hydrogen-bond donors (Lipinski definition) is 1. The van der Waals surface area contributed by atoms with E-state index in [2.05, 4.69) is 37.0 Å². The molecule has 0 saturated heterocycles. The van der Waals surface area contributed by atoms with E-state index in [-0.39, 0.29) is 0 Å². The monoisotopic (exact) mass is 240 g/mol. The average Bonchev–Trinajstić information content (AvgIpc) is 2.75. The Morgan fingerprint density at radius 3 is 2.89 bits per heavy atom. The molecule has 1 aromatic heterocycles. The molecule has 18 heavy (non-hydrogen) atoms. The highest BCUT2D eigenvalue weighted by atomic mass is 14.9. The van der Waals surface area contributed by atoms with E-state index in [1.807, 2.05) is 0 Å². The number of nitrogens with zero attached hydrogens (tertiary/aromatic N) is 1. The van der Waals surface area contributed by atoms with Gasteiger partial charge in [0.05, 0.1) is 11.4 Å². The minimum atomic E-state index is 0.980. The average molecular weight is 240 g/mol. The van der Waals surface area contributed by atoms with E-state index in [1.165, 1.54) is 47.3 Å². The number of aryl methyl sites for hydroxylation is 4. The van der Waals surface area contributed by atoms with Crippen LogP contribution in [0.4, 0.5) is 0 Å². The fourth-order valence-electron chi connectivity index (χ4n) is 2.82. The lowest BCUT2D eigenvalue weighted by Gasteiger charge is -2.14. The first-order chi connectivity index (χ1) is 8.78. The van der Waals surface area contributed by atoms with Crippen LogP contribution in [-0.2, 0) is 19.3 Å². The van der Waals surface area contributed by atoms with Gasteiger partial charge in [0, 0.05) is 12.0 Å². The highest BCUT2D eigenvalue weighted by Gasteiger charge is 2.16. The lowest BCUT2D eigenvalue weighted by molar-refractivity contribution is 0.718. The second-order valence-electron chi connectivity index (χ2n) is 5.23. The molecule has 0 spiro atoms. The molecule has 1 aliphatic carbocycles. The van der Waals surface area contributed by atoms with Crippen molar-refractivity contribution >= 4 is 0 Å². The molecule has 94 valence electrons. The first-order valence-electron chi connectivity index (χ1n) is 6.95.